The fourth-order valence-electron chi connectivity index (χ4n) is 1.56. The minimum absolute atomic E-state index is 0.0803. The molecule has 1 aliphatic carbocycles. The van der Waals surface area contributed by atoms with Crippen molar-refractivity contribution in [2.45, 2.75) is 57.6 Å². The van der Waals surface area contributed by atoms with Crippen LogP contribution in [0.4, 0.5) is 0 Å². The van der Waals surface area contributed by atoms with E-state index in [2.05, 4.69) is 30.7 Å². The predicted octanol–water partition coefficient (Wildman–Crippen LogP) is 2.70. The van der Waals surface area contributed by atoms with Crippen LogP contribution in [0, 0.1) is 5.92 Å². The van der Waals surface area contributed by atoms with Gasteiger partial charge >= 0.3 is 0 Å². The molecule has 1 unspecified atom stereocenters. The molecule has 0 aromatic carbocycles. The van der Waals surface area contributed by atoms with E-state index in [0.29, 0.717) is 6.42 Å². The summed E-state index contributed by atoms with van der Waals surface area (Å²) in [6.45, 7) is 4.21. The van der Waals surface area contributed by atoms with E-state index in [4.69, 9.17) is 0 Å². The van der Waals surface area contributed by atoms with Crippen LogP contribution in [0.25, 0.3) is 0 Å². The molecule has 1 amide bonds. The quantitative estimate of drug-likeness (QED) is 0.680. The van der Waals surface area contributed by atoms with E-state index in [0.717, 1.165) is 32.1 Å². The Hall–Kier alpha value is -0.640. The second-order valence-corrected chi connectivity index (χ2v) is 6.08. The van der Waals surface area contributed by atoms with Gasteiger partial charge in [-0.15, -0.1) is 0 Å². The molecule has 0 bridgehead atoms. The van der Waals surface area contributed by atoms with Crippen LogP contribution in [0.3, 0.4) is 0 Å². The summed E-state index contributed by atoms with van der Waals surface area (Å²) >= 11 is 0. The highest BCUT2D eigenvalue weighted by Crippen LogP contribution is 2.25. The third kappa shape index (κ3) is 6.01. The number of hydrogen-bond acceptors (Lipinski definition) is 2. The molecule has 1 N–H and O–H groups in total. The lowest BCUT2D eigenvalue weighted by molar-refractivity contribution is -0.119. The van der Waals surface area contributed by atoms with Crippen LogP contribution in [0.5, 0.6) is 0 Å². The Morgan fingerprint density at radius 1 is 1.47 bits per heavy atom. The first-order chi connectivity index (χ1) is 8.17. The number of rotatable bonds is 8. The van der Waals surface area contributed by atoms with Crippen LogP contribution >= 0.6 is 0 Å². The molecule has 0 heterocycles. The maximum Gasteiger partial charge on any atom is 0.232 e. The zero-order valence-corrected chi connectivity index (χ0v) is 11.6. The van der Waals surface area contributed by atoms with Crippen molar-refractivity contribution in [2.75, 3.05) is 0 Å². The fraction of sp³-hybridized carbons (Fsp3) is 0.769. The van der Waals surface area contributed by atoms with Gasteiger partial charge in [0.2, 0.25) is 5.91 Å². The van der Waals surface area contributed by atoms with E-state index >= 15 is 0 Å². The molecule has 1 aliphatic rings. The molecule has 1 fully saturated rings. The summed E-state index contributed by atoms with van der Waals surface area (Å²) in [4.78, 5) is 11.6. The van der Waals surface area contributed by atoms with Crippen LogP contribution in [-0.2, 0) is 15.8 Å². The Labute approximate surface area is 107 Å². The molecule has 0 aliphatic heterocycles. The lowest BCUT2D eigenvalue weighted by Gasteiger charge is -2.09. The molecule has 0 radical (unpaired) electrons. The number of allylic oxidation sites excluding steroid dienone is 2. The van der Waals surface area contributed by atoms with Crippen molar-refractivity contribution in [3.05, 3.63) is 12.2 Å². The zero-order valence-electron chi connectivity index (χ0n) is 10.8. The second kappa shape index (κ2) is 7.64. The van der Waals surface area contributed by atoms with Crippen LogP contribution in [0.2, 0.25) is 0 Å². The van der Waals surface area contributed by atoms with Crippen molar-refractivity contribution in [3.8, 4) is 0 Å². The lowest BCUT2D eigenvalue weighted by Crippen LogP contribution is -2.29. The SMILES string of the molecule is CCC/C=C\[C@H](CC)CC(=O)NS(=O)C1CC1. The number of unbranched alkanes of at least 4 members (excludes halogenated alkanes) is 1. The summed E-state index contributed by atoms with van der Waals surface area (Å²) in [6.07, 6.45) is 9.82. The van der Waals surface area contributed by atoms with Gasteiger partial charge in [-0.05, 0) is 31.6 Å². The molecule has 0 spiro atoms. The first-order valence-corrected chi connectivity index (χ1v) is 7.75. The number of hydrogen-bond donors (Lipinski definition) is 1. The van der Waals surface area contributed by atoms with Crippen molar-refractivity contribution in [1.29, 1.82) is 0 Å². The summed E-state index contributed by atoms with van der Waals surface area (Å²) in [5, 5.41) is 0.217. The Morgan fingerprint density at radius 3 is 2.71 bits per heavy atom. The summed E-state index contributed by atoms with van der Waals surface area (Å²) in [5.74, 6) is 0.195. The Balaban J connectivity index is 2.28. The molecule has 98 valence electrons. The van der Waals surface area contributed by atoms with E-state index in [1.807, 2.05) is 0 Å². The number of carbonyl (C=O) groups is 1. The van der Waals surface area contributed by atoms with Gasteiger partial charge in [0.05, 0.1) is 5.25 Å². The van der Waals surface area contributed by atoms with Gasteiger partial charge < -0.3 is 0 Å². The van der Waals surface area contributed by atoms with E-state index in [1.54, 1.807) is 0 Å². The fourth-order valence-corrected chi connectivity index (χ4v) is 2.60. The number of carbonyl (C=O) groups excluding carboxylic acids is 1. The topological polar surface area (TPSA) is 46.2 Å². The molecular weight excluding hydrogens is 234 g/mol. The van der Waals surface area contributed by atoms with Crippen LogP contribution in [0.1, 0.15) is 52.4 Å². The van der Waals surface area contributed by atoms with Gasteiger partial charge in [-0.3, -0.25) is 9.52 Å². The highest BCUT2D eigenvalue weighted by molar-refractivity contribution is 7.84. The van der Waals surface area contributed by atoms with Gasteiger partial charge in [0, 0.05) is 6.42 Å². The van der Waals surface area contributed by atoms with E-state index in [1.165, 1.54) is 0 Å². The summed E-state index contributed by atoms with van der Waals surface area (Å²) < 4.78 is 14.1. The van der Waals surface area contributed by atoms with Gasteiger partial charge in [0.25, 0.3) is 0 Å². The molecule has 0 saturated heterocycles. The standard InChI is InChI=1S/C13H23NO2S/c1-3-5-6-7-11(4-2)10-13(15)14-17(16)12-8-9-12/h6-7,11-12H,3-5,8-10H2,1-2H3,(H,14,15)/b7-6-/t11-,17?/m0/s1. The maximum atomic E-state index is 11.6. The summed E-state index contributed by atoms with van der Waals surface area (Å²) in [7, 11) is -1.14. The molecule has 1 saturated carbocycles. The molecule has 17 heavy (non-hydrogen) atoms. The molecule has 4 heteroatoms. The molecule has 2 atom stereocenters. The average Bonchev–Trinajstić information content (AvgIpc) is 3.11. The minimum atomic E-state index is -1.14. The smallest absolute Gasteiger partial charge is 0.232 e. The highest BCUT2D eigenvalue weighted by Gasteiger charge is 2.29. The van der Waals surface area contributed by atoms with Crippen molar-refractivity contribution in [1.82, 2.24) is 4.72 Å². The first-order valence-electron chi connectivity index (χ1n) is 6.54. The first kappa shape index (κ1) is 14.4. The summed E-state index contributed by atoms with van der Waals surface area (Å²) in [5.41, 5.74) is 0. The van der Waals surface area contributed by atoms with E-state index in [9.17, 15) is 9.00 Å². The summed E-state index contributed by atoms with van der Waals surface area (Å²) in [6, 6.07) is 0. The van der Waals surface area contributed by atoms with Crippen LogP contribution in [-0.4, -0.2) is 15.4 Å². The lowest BCUT2D eigenvalue weighted by atomic mass is 10.0. The minimum Gasteiger partial charge on any atom is -0.275 e. The van der Waals surface area contributed by atoms with Crippen LogP contribution in [0.15, 0.2) is 12.2 Å². The highest BCUT2D eigenvalue weighted by atomic mass is 32.2. The molecular formula is C13H23NO2S. The Kier molecular flexibility index (Phi) is 6.48. The molecule has 0 aromatic heterocycles. The molecule has 1 rings (SSSR count). The van der Waals surface area contributed by atoms with E-state index < -0.39 is 11.0 Å². The van der Waals surface area contributed by atoms with Gasteiger partial charge in [0.15, 0.2) is 0 Å². The third-order valence-electron chi connectivity index (χ3n) is 2.88. The number of amides is 1. The molecule has 3 nitrogen and oxygen atoms in total. The third-order valence-corrected chi connectivity index (χ3v) is 4.38. The van der Waals surface area contributed by atoms with Gasteiger partial charge in [-0.25, -0.2) is 4.21 Å². The largest absolute Gasteiger partial charge is 0.275 e. The van der Waals surface area contributed by atoms with Crippen LogP contribution < -0.4 is 4.72 Å². The van der Waals surface area contributed by atoms with Gasteiger partial charge in [0.1, 0.15) is 11.0 Å². The van der Waals surface area contributed by atoms with Crippen molar-refractivity contribution >= 4 is 16.9 Å². The maximum absolute atomic E-state index is 11.6. The van der Waals surface area contributed by atoms with Crippen molar-refractivity contribution < 1.29 is 9.00 Å². The average molecular weight is 257 g/mol. The van der Waals surface area contributed by atoms with Gasteiger partial charge in [-0.1, -0.05) is 32.4 Å². The Morgan fingerprint density at radius 2 is 2.18 bits per heavy atom. The monoisotopic (exact) mass is 257 g/mol. The van der Waals surface area contributed by atoms with Crippen molar-refractivity contribution in [2.24, 2.45) is 5.92 Å². The molecule has 0 aromatic rings. The van der Waals surface area contributed by atoms with Gasteiger partial charge in [-0.2, -0.15) is 0 Å². The van der Waals surface area contributed by atoms with E-state index in [-0.39, 0.29) is 17.1 Å². The zero-order chi connectivity index (χ0) is 12.7. The predicted molar refractivity (Wildman–Crippen MR) is 71.8 cm³/mol. The van der Waals surface area contributed by atoms with Crippen molar-refractivity contribution in [3.63, 3.8) is 0 Å². The Bertz CT molecular complexity index is 298. The normalized spacial score (nSPS) is 19.2. The number of nitrogens with one attached hydrogen (secondary N) is 1. The second-order valence-electron chi connectivity index (χ2n) is 4.61.